The maximum absolute atomic E-state index is 9.80. The number of phenols is 1. The average molecular weight is 243 g/mol. The van der Waals surface area contributed by atoms with Crippen LogP contribution in [0, 0.1) is 23.2 Å². The van der Waals surface area contributed by atoms with Gasteiger partial charge in [-0.2, -0.15) is 0 Å². The number of benzene rings is 1. The third kappa shape index (κ3) is 1.58. The number of nitrogens with zero attached hydrogens (tertiary/aromatic N) is 1. The lowest BCUT2D eigenvalue weighted by atomic mass is 9.45. The lowest BCUT2D eigenvalue weighted by Gasteiger charge is -2.59. The predicted octanol–water partition coefficient (Wildman–Crippen LogP) is 4.17. The predicted molar refractivity (Wildman–Crippen MR) is 74.4 cm³/mol. The Labute approximate surface area is 109 Å². The molecule has 1 N–H and O–H groups in total. The van der Waals surface area contributed by atoms with Crippen molar-refractivity contribution < 1.29 is 5.11 Å². The molecule has 2 heteroatoms. The van der Waals surface area contributed by atoms with E-state index in [1.165, 1.54) is 12.1 Å². The minimum absolute atomic E-state index is 0.288. The molecule has 2 nitrogen and oxygen atoms in total. The van der Waals surface area contributed by atoms with Gasteiger partial charge in [-0.1, -0.05) is 32.9 Å². The molecule has 0 heterocycles. The summed E-state index contributed by atoms with van der Waals surface area (Å²) in [5, 5.41) is 9.80. The number of para-hydroxylation sites is 2. The van der Waals surface area contributed by atoms with Gasteiger partial charge in [0.2, 0.25) is 0 Å². The fourth-order valence-electron chi connectivity index (χ4n) is 3.78. The molecular formula is C16H21NO. The highest BCUT2D eigenvalue weighted by atomic mass is 16.3. The van der Waals surface area contributed by atoms with Gasteiger partial charge in [0, 0.05) is 5.71 Å². The molecule has 0 saturated heterocycles. The molecule has 0 spiro atoms. The first-order valence-electron chi connectivity index (χ1n) is 6.85. The first kappa shape index (κ1) is 11.8. The van der Waals surface area contributed by atoms with E-state index >= 15 is 0 Å². The monoisotopic (exact) mass is 243 g/mol. The number of aromatic hydroxyl groups is 1. The van der Waals surface area contributed by atoms with E-state index in [4.69, 9.17) is 4.99 Å². The molecule has 2 bridgehead atoms. The fourth-order valence-corrected chi connectivity index (χ4v) is 3.78. The SMILES string of the molecule is CC1C(=Nc2ccccc2O)CC2CC1C2(C)C. The number of aliphatic imine (C=N–C) groups is 1. The highest BCUT2D eigenvalue weighted by molar-refractivity contribution is 5.91. The summed E-state index contributed by atoms with van der Waals surface area (Å²) in [6.45, 7) is 7.07. The first-order valence-corrected chi connectivity index (χ1v) is 6.85. The van der Waals surface area contributed by atoms with Crippen molar-refractivity contribution in [2.24, 2.45) is 28.2 Å². The summed E-state index contributed by atoms with van der Waals surface area (Å²) in [5.41, 5.74) is 2.48. The van der Waals surface area contributed by atoms with E-state index in [9.17, 15) is 5.11 Å². The van der Waals surface area contributed by atoms with Gasteiger partial charge in [-0.05, 0) is 48.1 Å². The lowest BCUT2D eigenvalue weighted by Crippen LogP contribution is -2.55. The van der Waals surface area contributed by atoms with Crippen molar-refractivity contribution in [3.63, 3.8) is 0 Å². The number of rotatable bonds is 1. The van der Waals surface area contributed by atoms with E-state index in [1.807, 2.05) is 18.2 Å². The smallest absolute Gasteiger partial charge is 0.141 e. The van der Waals surface area contributed by atoms with Crippen LogP contribution in [-0.4, -0.2) is 10.8 Å². The first-order chi connectivity index (χ1) is 8.50. The highest BCUT2D eigenvalue weighted by Gasteiger charge is 2.55. The zero-order valence-corrected chi connectivity index (χ0v) is 11.4. The highest BCUT2D eigenvalue weighted by Crippen LogP contribution is 2.60. The zero-order valence-electron chi connectivity index (χ0n) is 11.4. The molecule has 3 aliphatic carbocycles. The molecule has 96 valence electrons. The fraction of sp³-hybridized carbons (Fsp3) is 0.562. The molecule has 0 aliphatic heterocycles. The Balaban J connectivity index is 1.90. The van der Waals surface area contributed by atoms with Crippen LogP contribution < -0.4 is 0 Å². The van der Waals surface area contributed by atoms with E-state index in [2.05, 4.69) is 20.8 Å². The van der Waals surface area contributed by atoms with Crippen molar-refractivity contribution in [2.45, 2.75) is 33.6 Å². The van der Waals surface area contributed by atoms with Crippen LogP contribution in [0.15, 0.2) is 29.3 Å². The second-order valence-electron chi connectivity index (χ2n) is 6.45. The van der Waals surface area contributed by atoms with Crippen molar-refractivity contribution in [1.82, 2.24) is 0 Å². The van der Waals surface area contributed by atoms with Crippen molar-refractivity contribution in [2.75, 3.05) is 0 Å². The Kier molecular flexibility index (Phi) is 2.51. The standard InChI is InChI=1S/C16H21NO/c1-10-12-8-11(16(12,2)3)9-14(10)17-13-6-4-5-7-15(13)18/h4-7,10-12,18H,8-9H2,1-3H3. The third-order valence-corrected chi connectivity index (χ3v) is 5.28. The summed E-state index contributed by atoms with van der Waals surface area (Å²) in [6, 6.07) is 7.36. The van der Waals surface area contributed by atoms with E-state index in [-0.39, 0.29) is 5.75 Å². The maximum atomic E-state index is 9.80. The van der Waals surface area contributed by atoms with E-state index < -0.39 is 0 Å². The molecule has 0 aromatic heterocycles. The Bertz CT molecular complexity index is 504. The maximum Gasteiger partial charge on any atom is 0.141 e. The Hall–Kier alpha value is -1.31. The van der Waals surface area contributed by atoms with Gasteiger partial charge in [-0.25, -0.2) is 0 Å². The van der Waals surface area contributed by atoms with Crippen LogP contribution in [0.25, 0.3) is 0 Å². The van der Waals surface area contributed by atoms with Crippen molar-refractivity contribution in [3.8, 4) is 5.75 Å². The molecule has 4 rings (SSSR count). The molecule has 0 amide bonds. The Morgan fingerprint density at radius 1 is 1.28 bits per heavy atom. The van der Waals surface area contributed by atoms with Crippen LogP contribution in [0.4, 0.5) is 5.69 Å². The number of phenolic OH excluding ortho intramolecular Hbond substituents is 1. The van der Waals surface area contributed by atoms with Crippen LogP contribution in [0.2, 0.25) is 0 Å². The zero-order chi connectivity index (χ0) is 12.9. The van der Waals surface area contributed by atoms with Crippen LogP contribution in [0.5, 0.6) is 5.75 Å². The third-order valence-electron chi connectivity index (χ3n) is 5.28. The van der Waals surface area contributed by atoms with E-state index in [0.717, 1.165) is 23.9 Å². The Morgan fingerprint density at radius 3 is 2.61 bits per heavy atom. The van der Waals surface area contributed by atoms with E-state index in [0.29, 0.717) is 11.3 Å². The molecule has 3 aliphatic rings. The van der Waals surface area contributed by atoms with Crippen LogP contribution in [0.3, 0.4) is 0 Å². The minimum atomic E-state index is 0.288. The molecule has 3 unspecified atom stereocenters. The molecule has 3 atom stereocenters. The molecule has 3 fully saturated rings. The number of hydrogen-bond donors (Lipinski definition) is 1. The quantitative estimate of drug-likeness (QED) is 0.789. The second-order valence-corrected chi connectivity index (χ2v) is 6.45. The van der Waals surface area contributed by atoms with Gasteiger partial charge < -0.3 is 5.11 Å². The average Bonchev–Trinajstić information content (AvgIpc) is 2.33. The van der Waals surface area contributed by atoms with Gasteiger partial charge in [-0.15, -0.1) is 0 Å². The van der Waals surface area contributed by atoms with Crippen LogP contribution >= 0.6 is 0 Å². The van der Waals surface area contributed by atoms with Crippen molar-refractivity contribution in [3.05, 3.63) is 24.3 Å². The molecule has 0 radical (unpaired) electrons. The normalized spacial score (nSPS) is 35.3. The van der Waals surface area contributed by atoms with Crippen molar-refractivity contribution in [1.29, 1.82) is 0 Å². The van der Waals surface area contributed by atoms with E-state index in [1.54, 1.807) is 6.07 Å². The Morgan fingerprint density at radius 2 is 2.00 bits per heavy atom. The second kappa shape index (κ2) is 3.84. The summed E-state index contributed by atoms with van der Waals surface area (Å²) in [7, 11) is 0. The lowest BCUT2D eigenvalue weighted by molar-refractivity contribution is -0.0520. The summed E-state index contributed by atoms with van der Waals surface area (Å²) < 4.78 is 0. The van der Waals surface area contributed by atoms with Gasteiger partial charge >= 0.3 is 0 Å². The minimum Gasteiger partial charge on any atom is -0.506 e. The summed E-state index contributed by atoms with van der Waals surface area (Å²) >= 11 is 0. The van der Waals surface area contributed by atoms with Gasteiger partial charge in [-0.3, -0.25) is 4.99 Å². The van der Waals surface area contributed by atoms with Crippen LogP contribution in [0.1, 0.15) is 33.6 Å². The molecule has 1 aromatic rings. The summed E-state index contributed by atoms with van der Waals surface area (Å²) in [4.78, 5) is 4.71. The topological polar surface area (TPSA) is 32.6 Å². The van der Waals surface area contributed by atoms with Crippen molar-refractivity contribution >= 4 is 11.4 Å². The van der Waals surface area contributed by atoms with Crippen LogP contribution in [-0.2, 0) is 0 Å². The molecular weight excluding hydrogens is 222 g/mol. The number of fused-ring (bicyclic) bond motifs is 2. The molecule has 1 aromatic carbocycles. The summed E-state index contributed by atoms with van der Waals surface area (Å²) in [6.07, 6.45) is 2.45. The van der Waals surface area contributed by atoms with Gasteiger partial charge in [0.25, 0.3) is 0 Å². The van der Waals surface area contributed by atoms with Gasteiger partial charge in [0.1, 0.15) is 11.4 Å². The molecule has 18 heavy (non-hydrogen) atoms. The van der Waals surface area contributed by atoms with Gasteiger partial charge in [0.15, 0.2) is 0 Å². The largest absolute Gasteiger partial charge is 0.506 e. The van der Waals surface area contributed by atoms with Gasteiger partial charge in [0.05, 0.1) is 0 Å². The molecule has 3 saturated carbocycles. The summed E-state index contributed by atoms with van der Waals surface area (Å²) in [5.74, 6) is 2.38. The number of hydrogen-bond acceptors (Lipinski definition) is 2.